The van der Waals surface area contributed by atoms with E-state index < -0.39 is 0 Å². The molecular formula is C16H19N3S. The molecule has 0 radical (unpaired) electrons. The van der Waals surface area contributed by atoms with Crippen LogP contribution in [0.1, 0.15) is 29.4 Å². The molecule has 2 aromatic rings. The molecule has 1 heterocycles. The van der Waals surface area contributed by atoms with Gasteiger partial charge in [-0.15, -0.1) is 0 Å². The molecule has 0 unspecified atom stereocenters. The molecule has 2 rings (SSSR count). The Bertz CT molecular complexity index is 650. The van der Waals surface area contributed by atoms with Gasteiger partial charge in [-0.3, -0.25) is 4.98 Å². The molecule has 0 saturated carbocycles. The molecule has 0 bridgehead atoms. The van der Waals surface area contributed by atoms with Crippen LogP contribution in [0.15, 0.2) is 30.3 Å². The Hall–Kier alpha value is -1.94. The Labute approximate surface area is 125 Å². The van der Waals surface area contributed by atoms with Crippen LogP contribution >= 0.6 is 12.2 Å². The number of nitrogens with zero attached hydrogens (tertiary/aromatic N) is 1. The van der Waals surface area contributed by atoms with Crippen LogP contribution in [-0.2, 0) is 6.42 Å². The summed E-state index contributed by atoms with van der Waals surface area (Å²) in [6, 6.07) is 10.2. The van der Waals surface area contributed by atoms with Crippen molar-refractivity contribution < 1.29 is 0 Å². The number of anilines is 2. The van der Waals surface area contributed by atoms with E-state index in [1.165, 1.54) is 5.56 Å². The van der Waals surface area contributed by atoms with E-state index in [0.717, 1.165) is 34.7 Å². The number of benzene rings is 1. The largest absolute Gasteiger partial charge is 0.389 e. The second-order valence-electron chi connectivity index (χ2n) is 4.77. The third-order valence-corrected chi connectivity index (χ3v) is 3.45. The molecule has 20 heavy (non-hydrogen) atoms. The van der Waals surface area contributed by atoms with E-state index in [4.69, 9.17) is 18.0 Å². The number of hydrogen-bond donors (Lipinski definition) is 2. The average Bonchev–Trinajstić information content (AvgIpc) is 2.38. The van der Waals surface area contributed by atoms with Crippen LogP contribution in [0, 0.1) is 13.8 Å². The van der Waals surface area contributed by atoms with E-state index in [9.17, 15) is 0 Å². The van der Waals surface area contributed by atoms with Gasteiger partial charge in [0.25, 0.3) is 0 Å². The Morgan fingerprint density at radius 3 is 2.60 bits per heavy atom. The zero-order valence-corrected chi connectivity index (χ0v) is 12.8. The van der Waals surface area contributed by atoms with Gasteiger partial charge in [0.05, 0.1) is 11.3 Å². The highest BCUT2D eigenvalue weighted by molar-refractivity contribution is 7.80. The number of para-hydroxylation sites is 1. The summed E-state index contributed by atoms with van der Waals surface area (Å²) in [5.74, 6) is 0. The minimum atomic E-state index is 0.367. The molecule has 0 saturated heterocycles. The zero-order valence-electron chi connectivity index (χ0n) is 12.0. The lowest BCUT2D eigenvalue weighted by Gasteiger charge is -2.16. The van der Waals surface area contributed by atoms with Crippen LogP contribution in [0.25, 0.3) is 0 Å². The minimum absolute atomic E-state index is 0.367. The molecule has 4 heteroatoms. The minimum Gasteiger partial charge on any atom is -0.389 e. The molecule has 3 nitrogen and oxygen atoms in total. The second-order valence-corrected chi connectivity index (χ2v) is 5.21. The fourth-order valence-electron chi connectivity index (χ4n) is 2.33. The summed E-state index contributed by atoms with van der Waals surface area (Å²) in [4.78, 5) is 4.80. The summed E-state index contributed by atoms with van der Waals surface area (Å²) in [6.45, 7) is 6.03. The summed E-state index contributed by atoms with van der Waals surface area (Å²) in [5.41, 5.74) is 11.7. The fourth-order valence-corrected chi connectivity index (χ4v) is 2.59. The normalized spacial score (nSPS) is 10.3. The van der Waals surface area contributed by atoms with E-state index in [2.05, 4.69) is 29.4 Å². The maximum absolute atomic E-state index is 5.84. The predicted octanol–water partition coefficient (Wildman–Crippen LogP) is 3.64. The smallest absolute Gasteiger partial charge is 0.107 e. The van der Waals surface area contributed by atoms with Crippen molar-refractivity contribution in [2.24, 2.45) is 5.73 Å². The van der Waals surface area contributed by atoms with E-state index >= 15 is 0 Å². The molecule has 0 aliphatic rings. The molecule has 0 fully saturated rings. The fraction of sp³-hybridized carbons (Fsp3) is 0.250. The highest BCUT2D eigenvalue weighted by Crippen LogP contribution is 2.26. The number of nitrogens with two attached hydrogens (primary N) is 1. The van der Waals surface area contributed by atoms with Gasteiger partial charge >= 0.3 is 0 Å². The Morgan fingerprint density at radius 1 is 1.25 bits per heavy atom. The number of rotatable bonds is 4. The quantitative estimate of drug-likeness (QED) is 0.842. The lowest BCUT2D eigenvalue weighted by atomic mass is 10.1. The number of thiocarbonyl (C=S) groups is 1. The van der Waals surface area contributed by atoms with Gasteiger partial charge in [0.2, 0.25) is 0 Å². The third kappa shape index (κ3) is 2.96. The van der Waals surface area contributed by atoms with Gasteiger partial charge in [0, 0.05) is 17.1 Å². The SMILES string of the molecule is CCc1ccccc1Nc1cc(C)nc(C)c1C(N)=S. The first-order valence-corrected chi connectivity index (χ1v) is 7.06. The van der Waals surface area contributed by atoms with Crippen molar-refractivity contribution in [3.8, 4) is 0 Å². The topological polar surface area (TPSA) is 50.9 Å². The maximum atomic E-state index is 5.84. The van der Waals surface area contributed by atoms with E-state index in [1.807, 2.05) is 32.0 Å². The van der Waals surface area contributed by atoms with Gasteiger partial charge in [0.15, 0.2) is 0 Å². The molecule has 104 valence electrons. The molecule has 1 aromatic heterocycles. The van der Waals surface area contributed by atoms with Gasteiger partial charge < -0.3 is 11.1 Å². The van der Waals surface area contributed by atoms with Crippen molar-refractivity contribution in [2.75, 3.05) is 5.32 Å². The monoisotopic (exact) mass is 285 g/mol. The van der Waals surface area contributed by atoms with Crippen LogP contribution in [0.5, 0.6) is 0 Å². The number of nitrogens with one attached hydrogen (secondary N) is 1. The summed E-state index contributed by atoms with van der Waals surface area (Å²) >= 11 is 5.16. The number of aryl methyl sites for hydroxylation is 3. The predicted molar refractivity (Wildman–Crippen MR) is 88.7 cm³/mol. The molecule has 0 amide bonds. The van der Waals surface area contributed by atoms with Crippen LogP contribution < -0.4 is 11.1 Å². The molecule has 0 aliphatic heterocycles. The lowest BCUT2D eigenvalue weighted by molar-refractivity contribution is 1.11. The Morgan fingerprint density at radius 2 is 1.95 bits per heavy atom. The Balaban J connectivity index is 2.50. The first kappa shape index (κ1) is 14.5. The molecule has 0 atom stereocenters. The van der Waals surface area contributed by atoms with Crippen LogP contribution in [0.2, 0.25) is 0 Å². The van der Waals surface area contributed by atoms with E-state index in [0.29, 0.717) is 4.99 Å². The van der Waals surface area contributed by atoms with Crippen LogP contribution in [0.3, 0.4) is 0 Å². The van der Waals surface area contributed by atoms with Crippen molar-refractivity contribution in [1.29, 1.82) is 0 Å². The summed E-state index contributed by atoms with van der Waals surface area (Å²) in [7, 11) is 0. The van der Waals surface area contributed by atoms with Gasteiger partial charge in [-0.1, -0.05) is 37.3 Å². The van der Waals surface area contributed by atoms with Crippen LogP contribution in [0.4, 0.5) is 11.4 Å². The molecular weight excluding hydrogens is 266 g/mol. The highest BCUT2D eigenvalue weighted by atomic mass is 32.1. The highest BCUT2D eigenvalue weighted by Gasteiger charge is 2.12. The summed E-state index contributed by atoms with van der Waals surface area (Å²) in [5, 5.41) is 3.45. The molecule has 0 aliphatic carbocycles. The first-order chi connectivity index (χ1) is 9.52. The summed E-state index contributed by atoms with van der Waals surface area (Å²) < 4.78 is 0. The van der Waals surface area contributed by atoms with Crippen molar-refractivity contribution in [3.63, 3.8) is 0 Å². The number of aromatic nitrogens is 1. The lowest BCUT2D eigenvalue weighted by Crippen LogP contribution is -2.15. The zero-order chi connectivity index (χ0) is 14.7. The Kier molecular flexibility index (Phi) is 4.35. The number of hydrogen-bond acceptors (Lipinski definition) is 3. The van der Waals surface area contributed by atoms with E-state index in [-0.39, 0.29) is 0 Å². The maximum Gasteiger partial charge on any atom is 0.107 e. The first-order valence-electron chi connectivity index (χ1n) is 6.66. The summed E-state index contributed by atoms with van der Waals surface area (Å²) in [6.07, 6.45) is 0.967. The average molecular weight is 285 g/mol. The molecule has 0 spiro atoms. The van der Waals surface area contributed by atoms with Gasteiger partial charge in [0.1, 0.15) is 4.99 Å². The molecule has 1 aromatic carbocycles. The van der Waals surface area contributed by atoms with Crippen molar-refractivity contribution >= 4 is 28.6 Å². The second kappa shape index (κ2) is 6.01. The van der Waals surface area contributed by atoms with Crippen molar-refractivity contribution in [1.82, 2.24) is 4.98 Å². The van der Waals surface area contributed by atoms with E-state index in [1.54, 1.807) is 0 Å². The van der Waals surface area contributed by atoms with Crippen molar-refractivity contribution in [2.45, 2.75) is 27.2 Å². The van der Waals surface area contributed by atoms with Gasteiger partial charge in [-0.25, -0.2) is 0 Å². The van der Waals surface area contributed by atoms with Gasteiger partial charge in [-0.2, -0.15) is 0 Å². The van der Waals surface area contributed by atoms with Crippen molar-refractivity contribution in [3.05, 3.63) is 52.8 Å². The van der Waals surface area contributed by atoms with Crippen LogP contribution in [-0.4, -0.2) is 9.97 Å². The van der Waals surface area contributed by atoms with Gasteiger partial charge in [-0.05, 0) is 38.0 Å². The third-order valence-electron chi connectivity index (χ3n) is 3.24. The standard InChI is InChI=1S/C16H19N3S/c1-4-12-7-5-6-8-13(12)19-14-9-10(2)18-11(3)15(14)16(17)20/h5-9H,4H2,1-3H3,(H2,17,20)(H,18,19). The molecule has 3 N–H and O–H groups in total. The number of pyridine rings is 1.